The molecule has 1 unspecified atom stereocenters. The third-order valence-electron chi connectivity index (χ3n) is 5.82. The molecule has 0 radical (unpaired) electrons. The molecule has 1 aliphatic carbocycles. The van der Waals surface area contributed by atoms with Crippen molar-refractivity contribution in [2.45, 2.75) is 51.1 Å². The highest BCUT2D eigenvalue weighted by molar-refractivity contribution is 7.27. The number of aryl methyl sites for hydroxylation is 1. The molecule has 5 rings (SSSR count). The van der Waals surface area contributed by atoms with E-state index in [1.165, 1.54) is 41.6 Å². The second-order valence-corrected chi connectivity index (χ2v) is 9.00. The van der Waals surface area contributed by atoms with Gasteiger partial charge in [0.1, 0.15) is 0 Å². The Morgan fingerprint density at radius 2 is 1.91 bits per heavy atom. The van der Waals surface area contributed by atoms with E-state index in [1.807, 2.05) is 11.3 Å². The van der Waals surface area contributed by atoms with Crippen molar-refractivity contribution < 1.29 is 0 Å². The first kappa shape index (κ1) is 14.1. The molecule has 2 aromatic heterocycles. The molecule has 0 saturated heterocycles. The first-order valence-corrected chi connectivity index (χ1v) is 10.3. The molecule has 0 amide bonds. The summed E-state index contributed by atoms with van der Waals surface area (Å²) >= 11 is 4.00. The van der Waals surface area contributed by atoms with Gasteiger partial charge in [-0.25, -0.2) is 0 Å². The second-order valence-electron chi connectivity index (χ2n) is 7.03. The molecule has 1 atom stereocenters. The highest BCUT2D eigenvalue weighted by Gasteiger charge is 2.52. The van der Waals surface area contributed by atoms with Crippen molar-refractivity contribution in [2.75, 3.05) is 4.90 Å². The van der Waals surface area contributed by atoms with Crippen LogP contribution in [-0.4, -0.2) is 0 Å². The molecule has 3 heterocycles. The van der Waals surface area contributed by atoms with E-state index in [9.17, 15) is 0 Å². The van der Waals surface area contributed by atoms with Gasteiger partial charge in [-0.05, 0) is 49.8 Å². The Bertz CT molecular complexity index is 882. The van der Waals surface area contributed by atoms with Crippen molar-refractivity contribution in [2.24, 2.45) is 0 Å². The average molecular weight is 340 g/mol. The van der Waals surface area contributed by atoms with Gasteiger partial charge in [0.05, 0.1) is 16.3 Å². The quantitative estimate of drug-likeness (QED) is 0.481. The van der Waals surface area contributed by atoms with Gasteiger partial charge in [0.25, 0.3) is 0 Å². The second kappa shape index (κ2) is 4.84. The summed E-state index contributed by atoms with van der Waals surface area (Å²) in [4.78, 5) is 4.45. The van der Waals surface area contributed by atoms with E-state index in [-0.39, 0.29) is 5.54 Å². The zero-order valence-corrected chi connectivity index (χ0v) is 15.3. The Morgan fingerprint density at radius 3 is 2.70 bits per heavy atom. The van der Waals surface area contributed by atoms with Crippen LogP contribution in [0.15, 0.2) is 35.7 Å². The topological polar surface area (TPSA) is 3.24 Å². The Hall–Kier alpha value is -1.32. The van der Waals surface area contributed by atoms with Gasteiger partial charge in [-0.1, -0.05) is 31.0 Å². The molecule has 1 aromatic carbocycles. The summed E-state index contributed by atoms with van der Waals surface area (Å²) in [5.74, 6) is 0. The Morgan fingerprint density at radius 1 is 1.13 bits per heavy atom. The fourth-order valence-corrected chi connectivity index (χ4v) is 7.66. The van der Waals surface area contributed by atoms with E-state index < -0.39 is 0 Å². The maximum Gasteiger partial charge on any atom is 0.0756 e. The lowest BCUT2D eigenvalue weighted by Gasteiger charge is -2.41. The number of hydrogen-bond donors (Lipinski definition) is 0. The molecular formula is C20H21NS2. The molecule has 1 nitrogen and oxygen atoms in total. The molecule has 23 heavy (non-hydrogen) atoms. The standard InChI is InChI=1S/C20H21NS2/c1-13-7-3-4-8-15(13)21-14(2)17-18-16(9-12-22-18)23-19(17)20(21)10-5-6-11-20/h3-4,7-9,12,14H,5-6,10-11H2,1-2H3. The fraction of sp³-hybridized carbons (Fsp3) is 0.400. The first-order chi connectivity index (χ1) is 11.2. The van der Waals surface area contributed by atoms with E-state index in [1.54, 1.807) is 15.1 Å². The SMILES string of the molecule is Cc1ccccc1N1C(C)c2c(sc3ccsc23)C12CCCC2. The summed E-state index contributed by atoms with van der Waals surface area (Å²) in [6, 6.07) is 11.7. The molecule has 0 N–H and O–H groups in total. The van der Waals surface area contributed by atoms with Crippen LogP contribution in [0.2, 0.25) is 0 Å². The van der Waals surface area contributed by atoms with Gasteiger partial charge >= 0.3 is 0 Å². The van der Waals surface area contributed by atoms with Gasteiger partial charge in [0, 0.05) is 20.8 Å². The third kappa shape index (κ3) is 1.72. The molecule has 1 saturated carbocycles. The van der Waals surface area contributed by atoms with Gasteiger partial charge in [-0.2, -0.15) is 0 Å². The molecule has 1 spiro atoms. The number of nitrogens with zero attached hydrogens (tertiary/aromatic N) is 1. The van der Waals surface area contributed by atoms with Crippen molar-refractivity contribution >= 4 is 37.8 Å². The van der Waals surface area contributed by atoms with E-state index in [2.05, 4.69) is 65.8 Å². The van der Waals surface area contributed by atoms with Gasteiger partial charge in [0.15, 0.2) is 0 Å². The summed E-state index contributed by atoms with van der Waals surface area (Å²) in [6.45, 7) is 4.68. The van der Waals surface area contributed by atoms with Crippen LogP contribution in [0.25, 0.3) is 9.40 Å². The lowest BCUT2D eigenvalue weighted by Crippen LogP contribution is -2.40. The number of benzene rings is 1. The van der Waals surface area contributed by atoms with Crippen LogP contribution < -0.4 is 4.90 Å². The lowest BCUT2D eigenvalue weighted by molar-refractivity contribution is 0.421. The van der Waals surface area contributed by atoms with Crippen LogP contribution in [0.3, 0.4) is 0 Å². The lowest BCUT2D eigenvalue weighted by atomic mass is 9.94. The first-order valence-electron chi connectivity index (χ1n) is 8.58. The smallest absolute Gasteiger partial charge is 0.0756 e. The molecular weight excluding hydrogens is 318 g/mol. The zero-order valence-electron chi connectivity index (χ0n) is 13.6. The van der Waals surface area contributed by atoms with Crippen molar-refractivity contribution in [3.8, 4) is 0 Å². The monoisotopic (exact) mass is 339 g/mol. The number of rotatable bonds is 1. The van der Waals surface area contributed by atoms with Crippen molar-refractivity contribution in [1.82, 2.24) is 0 Å². The van der Waals surface area contributed by atoms with Crippen LogP contribution in [0.1, 0.15) is 54.7 Å². The third-order valence-corrected chi connectivity index (χ3v) is 8.27. The predicted octanol–water partition coefficient (Wildman–Crippen LogP) is 6.62. The number of fused-ring (bicyclic) bond motifs is 4. The average Bonchev–Trinajstić information content (AvgIpc) is 3.26. The van der Waals surface area contributed by atoms with Gasteiger partial charge < -0.3 is 4.90 Å². The minimum Gasteiger partial charge on any atom is -0.354 e. The maximum absolute atomic E-state index is 2.77. The van der Waals surface area contributed by atoms with Gasteiger partial charge in [-0.3, -0.25) is 0 Å². The van der Waals surface area contributed by atoms with Crippen LogP contribution in [0.5, 0.6) is 0 Å². The predicted molar refractivity (Wildman–Crippen MR) is 102 cm³/mol. The van der Waals surface area contributed by atoms with Crippen LogP contribution in [0.4, 0.5) is 5.69 Å². The van der Waals surface area contributed by atoms with E-state index >= 15 is 0 Å². The molecule has 1 fully saturated rings. The van der Waals surface area contributed by atoms with Crippen molar-refractivity contribution in [1.29, 1.82) is 0 Å². The maximum atomic E-state index is 2.77. The summed E-state index contributed by atoms with van der Waals surface area (Å²) in [5, 5.41) is 2.26. The number of para-hydroxylation sites is 1. The van der Waals surface area contributed by atoms with Crippen LogP contribution in [-0.2, 0) is 5.54 Å². The fourth-order valence-electron chi connectivity index (χ4n) is 4.88. The van der Waals surface area contributed by atoms with Gasteiger partial charge in [0.2, 0.25) is 0 Å². The number of anilines is 1. The highest BCUT2D eigenvalue weighted by Crippen LogP contribution is 2.61. The molecule has 1 aliphatic heterocycles. The minimum atomic E-state index is 0.254. The summed E-state index contributed by atoms with van der Waals surface area (Å²) in [5.41, 5.74) is 4.73. The summed E-state index contributed by atoms with van der Waals surface area (Å²) < 4.78 is 3.04. The molecule has 0 bridgehead atoms. The molecule has 118 valence electrons. The molecule has 3 heteroatoms. The molecule has 3 aromatic rings. The Balaban J connectivity index is 1.78. The van der Waals surface area contributed by atoms with E-state index in [0.29, 0.717) is 6.04 Å². The van der Waals surface area contributed by atoms with Crippen LogP contribution >= 0.6 is 22.7 Å². The number of hydrogen-bond acceptors (Lipinski definition) is 3. The highest BCUT2D eigenvalue weighted by atomic mass is 32.1. The number of thiophene rings is 2. The summed E-state index contributed by atoms with van der Waals surface area (Å²) in [6.07, 6.45) is 5.35. The van der Waals surface area contributed by atoms with Gasteiger partial charge in [-0.15, -0.1) is 22.7 Å². The largest absolute Gasteiger partial charge is 0.354 e. The summed E-state index contributed by atoms with van der Waals surface area (Å²) in [7, 11) is 0. The van der Waals surface area contributed by atoms with Crippen LogP contribution in [0, 0.1) is 6.92 Å². The van der Waals surface area contributed by atoms with E-state index in [4.69, 9.17) is 0 Å². The Labute approximate surface area is 145 Å². The van der Waals surface area contributed by atoms with E-state index in [0.717, 1.165) is 0 Å². The van der Waals surface area contributed by atoms with Crippen molar-refractivity contribution in [3.63, 3.8) is 0 Å². The Kier molecular flexibility index (Phi) is 2.96. The molecule has 2 aliphatic rings. The zero-order chi connectivity index (χ0) is 15.6. The van der Waals surface area contributed by atoms with Crippen molar-refractivity contribution in [3.05, 3.63) is 51.7 Å². The normalized spacial score (nSPS) is 22.3. The minimum absolute atomic E-state index is 0.254.